The average Bonchev–Trinajstić information content (AvgIpc) is 2.15. The van der Waals surface area contributed by atoms with Crippen LogP contribution in [0.15, 0.2) is 30.3 Å². The standard InChI is InChI=1S/C9H10FNO/c10-6-9(11-7-12)8-4-2-1-3-5-8/h1-5,7,9H,6H2,(H,11,12). The molecule has 0 fully saturated rings. The molecular weight excluding hydrogens is 157 g/mol. The van der Waals surface area contributed by atoms with Gasteiger partial charge in [-0.25, -0.2) is 4.39 Å². The molecule has 0 aliphatic heterocycles. The summed E-state index contributed by atoms with van der Waals surface area (Å²) >= 11 is 0. The molecule has 0 saturated heterocycles. The highest BCUT2D eigenvalue weighted by Gasteiger charge is 2.07. The molecular formula is C9H10FNO. The van der Waals surface area contributed by atoms with Crippen molar-refractivity contribution in [2.75, 3.05) is 6.67 Å². The molecule has 0 heterocycles. The van der Waals surface area contributed by atoms with Crippen LogP contribution in [0.5, 0.6) is 0 Å². The Kier molecular flexibility index (Phi) is 3.26. The maximum absolute atomic E-state index is 12.3. The molecule has 64 valence electrons. The smallest absolute Gasteiger partial charge is 0.207 e. The largest absolute Gasteiger partial charge is 0.349 e. The summed E-state index contributed by atoms with van der Waals surface area (Å²) in [6.07, 6.45) is 0.511. The van der Waals surface area contributed by atoms with Crippen LogP contribution in [0.4, 0.5) is 4.39 Å². The van der Waals surface area contributed by atoms with Gasteiger partial charge in [-0.3, -0.25) is 4.79 Å². The van der Waals surface area contributed by atoms with Crippen LogP contribution in [0.25, 0.3) is 0 Å². The summed E-state index contributed by atoms with van der Waals surface area (Å²) in [5, 5.41) is 2.39. The van der Waals surface area contributed by atoms with Crippen molar-refractivity contribution in [2.45, 2.75) is 6.04 Å². The molecule has 0 aliphatic rings. The third kappa shape index (κ3) is 2.05. The topological polar surface area (TPSA) is 29.1 Å². The molecule has 0 aromatic heterocycles. The zero-order valence-electron chi connectivity index (χ0n) is 6.53. The number of halogens is 1. The van der Waals surface area contributed by atoms with Crippen molar-refractivity contribution in [3.05, 3.63) is 35.9 Å². The molecule has 1 aromatic carbocycles. The highest BCUT2D eigenvalue weighted by Crippen LogP contribution is 2.11. The van der Waals surface area contributed by atoms with E-state index in [1.165, 1.54) is 0 Å². The Balaban J connectivity index is 2.72. The van der Waals surface area contributed by atoms with Gasteiger partial charge in [-0.15, -0.1) is 0 Å². The Morgan fingerprint density at radius 2 is 2.08 bits per heavy atom. The minimum Gasteiger partial charge on any atom is -0.349 e. The number of alkyl halides is 1. The van der Waals surface area contributed by atoms with Gasteiger partial charge >= 0.3 is 0 Å². The van der Waals surface area contributed by atoms with E-state index in [4.69, 9.17) is 0 Å². The van der Waals surface area contributed by atoms with Crippen LogP contribution in [-0.2, 0) is 4.79 Å². The molecule has 0 spiro atoms. The van der Waals surface area contributed by atoms with Crippen molar-refractivity contribution in [3.63, 3.8) is 0 Å². The Hall–Kier alpha value is -1.38. The number of rotatable bonds is 4. The molecule has 2 nitrogen and oxygen atoms in total. The number of carbonyl (C=O) groups excluding carboxylic acids is 1. The van der Waals surface area contributed by atoms with Crippen LogP contribution in [0.3, 0.4) is 0 Å². The monoisotopic (exact) mass is 167 g/mol. The van der Waals surface area contributed by atoms with E-state index in [9.17, 15) is 9.18 Å². The van der Waals surface area contributed by atoms with Gasteiger partial charge in [0, 0.05) is 0 Å². The maximum atomic E-state index is 12.3. The highest BCUT2D eigenvalue weighted by molar-refractivity contribution is 5.47. The number of hydrogen-bond donors (Lipinski definition) is 1. The molecule has 1 N–H and O–H groups in total. The summed E-state index contributed by atoms with van der Waals surface area (Å²) in [6.45, 7) is -0.581. The molecule has 0 bridgehead atoms. The van der Waals surface area contributed by atoms with E-state index in [2.05, 4.69) is 5.32 Å². The quantitative estimate of drug-likeness (QED) is 0.675. The number of benzene rings is 1. The van der Waals surface area contributed by atoms with Crippen LogP contribution in [0.2, 0.25) is 0 Å². The van der Waals surface area contributed by atoms with E-state index in [0.29, 0.717) is 6.41 Å². The van der Waals surface area contributed by atoms with Crippen molar-refractivity contribution < 1.29 is 9.18 Å². The summed E-state index contributed by atoms with van der Waals surface area (Å²) < 4.78 is 12.3. The van der Waals surface area contributed by atoms with Crippen molar-refractivity contribution in [1.29, 1.82) is 0 Å². The van der Waals surface area contributed by atoms with E-state index in [1.54, 1.807) is 12.1 Å². The zero-order valence-corrected chi connectivity index (χ0v) is 6.53. The molecule has 1 aromatic rings. The summed E-state index contributed by atoms with van der Waals surface area (Å²) in [7, 11) is 0. The summed E-state index contributed by atoms with van der Waals surface area (Å²) in [5.41, 5.74) is 0.784. The second-order valence-electron chi connectivity index (χ2n) is 2.40. The number of hydrogen-bond acceptors (Lipinski definition) is 1. The van der Waals surface area contributed by atoms with Crippen molar-refractivity contribution in [1.82, 2.24) is 5.32 Å². The van der Waals surface area contributed by atoms with Gasteiger partial charge in [0.2, 0.25) is 6.41 Å². The second kappa shape index (κ2) is 4.49. The normalized spacial score (nSPS) is 12.1. The minimum absolute atomic E-state index is 0.510. The molecule has 1 amide bonds. The third-order valence-electron chi connectivity index (χ3n) is 1.63. The Labute approximate surface area is 70.4 Å². The number of carbonyl (C=O) groups is 1. The van der Waals surface area contributed by atoms with Gasteiger partial charge in [0.25, 0.3) is 0 Å². The number of nitrogens with one attached hydrogen (secondary N) is 1. The van der Waals surface area contributed by atoms with Crippen LogP contribution in [0.1, 0.15) is 11.6 Å². The predicted octanol–water partition coefficient (Wildman–Crippen LogP) is 1.44. The average molecular weight is 167 g/mol. The molecule has 0 saturated carbocycles. The van der Waals surface area contributed by atoms with Gasteiger partial charge in [0.05, 0.1) is 6.04 Å². The Morgan fingerprint density at radius 3 is 2.58 bits per heavy atom. The van der Waals surface area contributed by atoms with Crippen LogP contribution in [-0.4, -0.2) is 13.1 Å². The lowest BCUT2D eigenvalue weighted by Gasteiger charge is -2.11. The molecule has 0 aliphatic carbocycles. The molecule has 1 rings (SSSR count). The summed E-state index contributed by atoms with van der Waals surface area (Å²) in [5.74, 6) is 0. The second-order valence-corrected chi connectivity index (χ2v) is 2.40. The third-order valence-corrected chi connectivity index (χ3v) is 1.63. The van der Waals surface area contributed by atoms with E-state index in [1.807, 2.05) is 18.2 Å². The van der Waals surface area contributed by atoms with Crippen LogP contribution in [0, 0.1) is 0 Å². The van der Waals surface area contributed by atoms with Crippen molar-refractivity contribution >= 4 is 6.41 Å². The van der Waals surface area contributed by atoms with E-state index >= 15 is 0 Å². The van der Waals surface area contributed by atoms with Gasteiger partial charge in [-0.2, -0.15) is 0 Å². The first-order valence-corrected chi connectivity index (χ1v) is 3.69. The van der Waals surface area contributed by atoms with Gasteiger partial charge in [0.1, 0.15) is 6.67 Å². The maximum Gasteiger partial charge on any atom is 0.207 e. The molecule has 1 atom stereocenters. The Morgan fingerprint density at radius 1 is 1.42 bits per heavy atom. The first kappa shape index (κ1) is 8.71. The van der Waals surface area contributed by atoms with Crippen LogP contribution < -0.4 is 5.32 Å². The first-order chi connectivity index (χ1) is 5.88. The lowest BCUT2D eigenvalue weighted by molar-refractivity contribution is -0.110. The lowest BCUT2D eigenvalue weighted by atomic mass is 10.1. The van der Waals surface area contributed by atoms with Crippen molar-refractivity contribution in [2.24, 2.45) is 0 Å². The Bertz CT molecular complexity index is 238. The van der Waals surface area contributed by atoms with E-state index < -0.39 is 12.7 Å². The molecule has 3 heteroatoms. The van der Waals surface area contributed by atoms with Gasteiger partial charge in [0.15, 0.2) is 0 Å². The molecule has 1 unspecified atom stereocenters. The SMILES string of the molecule is O=CNC(CF)c1ccccc1. The zero-order chi connectivity index (χ0) is 8.81. The fraction of sp³-hybridized carbons (Fsp3) is 0.222. The van der Waals surface area contributed by atoms with Crippen molar-refractivity contribution in [3.8, 4) is 0 Å². The van der Waals surface area contributed by atoms with E-state index in [0.717, 1.165) is 5.56 Å². The van der Waals surface area contributed by atoms with E-state index in [-0.39, 0.29) is 0 Å². The molecule has 0 radical (unpaired) electrons. The van der Waals surface area contributed by atoms with Crippen LogP contribution >= 0.6 is 0 Å². The van der Waals surface area contributed by atoms with Gasteiger partial charge in [-0.05, 0) is 5.56 Å². The number of amides is 1. The summed E-state index contributed by atoms with van der Waals surface area (Å²) in [4.78, 5) is 10.1. The lowest BCUT2D eigenvalue weighted by Crippen LogP contribution is -2.20. The minimum atomic E-state index is -0.581. The van der Waals surface area contributed by atoms with Gasteiger partial charge in [-0.1, -0.05) is 30.3 Å². The highest BCUT2D eigenvalue weighted by atomic mass is 19.1. The predicted molar refractivity (Wildman–Crippen MR) is 44.4 cm³/mol. The molecule has 12 heavy (non-hydrogen) atoms. The van der Waals surface area contributed by atoms with Gasteiger partial charge < -0.3 is 5.32 Å². The fourth-order valence-corrected chi connectivity index (χ4v) is 0.997. The first-order valence-electron chi connectivity index (χ1n) is 3.69. The fourth-order valence-electron chi connectivity index (χ4n) is 0.997. The summed E-state index contributed by atoms with van der Waals surface area (Å²) in [6, 6.07) is 8.51.